The molecule has 0 aliphatic heterocycles. The van der Waals surface area contributed by atoms with Crippen LogP contribution in [0.15, 0.2) is 18.2 Å². The largest absolute Gasteiger partial charge is 0.351 e. The SMILES string of the molecule is Cc1ccc(C(=O)NCC2(CCl)CC2)c(Cl)c1. The number of benzene rings is 1. The molecule has 0 atom stereocenters. The molecule has 0 saturated heterocycles. The molecule has 1 fully saturated rings. The molecular formula is C13H15Cl2NO. The van der Waals surface area contributed by atoms with Crippen molar-refractivity contribution in [2.75, 3.05) is 12.4 Å². The highest BCUT2D eigenvalue weighted by molar-refractivity contribution is 6.33. The highest BCUT2D eigenvalue weighted by Crippen LogP contribution is 2.45. The van der Waals surface area contributed by atoms with Gasteiger partial charge < -0.3 is 5.32 Å². The Morgan fingerprint density at radius 2 is 2.18 bits per heavy atom. The molecule has 4 heteroatoms. The third kappa shape index (κ3) is 2.93. The standard InChI is InChI=1S/C13H15Cl2NO/c1-9-2-3-10(11(15)6-9)12(17)16-8-13(7-14)4-5-13/h2-3,6H,4-5,7-8H2,1H3,(H,16,17). The Balaban J connectivity index is 2.00. The zero-order valence-electron chi connectivity index (χ0n) is 9.72. The predicted octanol–water partition coefficient (Wildman–Crippen LogP) is 3.40. The van der Waals surface area contributed by atoms with Crippen LogP contribution in [-0.2, 0) is 0 Å². The molecular weight excluding hydrogens is 257 g/mol. The summed E-state index contributed by atoms with van der Waals surface area (Å²) < 4.78 is 0. The van der Waals surface area contributed by atoms with E-state index in [-0.39, 0.29) is 11.3 Å². The van der Waals surface area contributed by atoms with Gasteiger partial charge in [-0.1, -0.05) is 17.7 Å². The van der Waals surface area contributed by atoms with Crippen LogP contribution in [0.25, 0.3) is 0 Å². The maximum Gasteiger partial charge on any atom is 0.252 e. The minimum absolute atomic E-state index is 0.119. The summed E-state index contributed by atoms with van der Waals surface area (Å²) in [6, 6.07) is 5.44. The number of rotatable bonds is 4. The first kappa shape index (κ1) is 12.7. The van der Waals surface area contributed by atoms with Crippen LogP contribution in [-0.4, -0.2) is 18.3 Å². The van der Waals surface area contributed by atoms with Crippen molar-refractivity contribution in [3.8, 4) is 0 Å². The molecule has 0 unspecified atom stereocenters. The summed E-state index contributed by atoms with van der Waals surface area (Å²) in [5.41, 5.74) is 1.71. The molecule has 17 heavy (non-hydrogen) atoms. The first-order chi connectivity index (χ1) is 8.06. The molecule has 0 bridgehead atoms. The fourth-order valence-electron chi connectivity index (χ4n) is 1.70. The lowest BCUT2D eigenvalue weighted by Gasteiger charge is -2.13. The topological polar surface area (TPSA) is 29.1 Å². The average molecular weight is 272 g/mol. The molecule has 0 aromatic heterocycles. The maximum atomic E-state index is 11.9. The third-order valence-corrected chi connectivity index (χ3v) is 4.11. The van der Waals surface area contributed by atoms with Crippen LogP contribution in [0.4, 0.5) is 0 Å². The Bertz CT molecular complexity index is 441. The van der Waals surface area contributed by atoms with Crippen LogP contribution < -0.4 is 5.32 Å². The van der Waals surface area contributed by atoms with Crippen molar-refractivity contribution in [2.45, 2.75) is 19.8 Å². The van der Waals surface area contributed by atoms with Gasteiger partial charge >= 0.3 is 0 Å². The van der Waals surface area contributed by atoms with Gasteiger partial charge in [0, 0.05) is 17.8 Å². The van der Waals surface area contributed by atoms with Gasteiger partial charge in [-0.25, -0.2) is 0 Å². The first-order valence-electron chi connectivity index (χ1n) is 5.67. The van der Waals surface area contributed by atoms with Crippen LogP contribution in [0, 0.1) is 12.3 Å². The van der Waals surface area contributed by atoms with E-state index in [0.717, 1.165) is 18.4 Å². The van der Waals surface area contributed by atoms with Gasteiger partial charge in [0.25, 0.3) is 5.91 Å². The Labute approximate surface area is 111 Å². The smallest absolute Gasteiger partial charge is 0.252 e. The van der Waals surface area contributed by atoms with Crippen LogP contribution in [0.1, 0.15) is 28.8 Å². The molecule has 1 aliphatic carbocycles. The van der Waals surface area contributed by atoms with Crippen molar-refractivity contribution < 1.29 is 4.79 Å². The summed E-state index contributed by atoms with van der Waals surface area (Å²) in [5.74, 6) is 0.487. The molecule has 2 rings (SSSR count). The van der Waals surface area contributed by atoms with Crippen molar-refractivity contribution in [1.29, 1.82) is 0 Å². The van der Waals surface area contributed by atoms with Crippen LogP contribution in [0.5, 0.6) is 0 Å². The van der Waals surface area contributed by atoms with E-state index < -0.39 is 0 Å². The second kappa shape index (κ2) is 4.87. The molecule has 1 aromatic carbocycles. The van der Waals surface area contributed by atoms with E-state index in [0.29, 0.717) is 23.0 Å². The van der Waals surface area contributed by atoms with Crippen LogP contribution in [0.2, 0.25) is 5.02 Å². The Morgan fingerprint density at radius 3 is 2.71 bits per heavy atom. The Morgan fingerprint density at radius 1 is 1.47 bits per heavy atom. The van der Waals surface area contributed by atoms with E-state index in [9.17, 15) is 4.79 Å². The number of hydrogen-bond donors (Lipinski definition) is 1. The van der Waals surface area contributed by atoms with Crippen molar-refractivity contribution in [3.63, 3.8) is 0 Å². The summed E-state index contributed by atoms with van der Waals surface area (Å²) in [7, 11) is 0. The summed E-state index contributed by atoms with van der Waals surface area (Å²) in [6.07, 6.45) is 2.19. The molecule has 92 valence electrons. The van der Waals surface area contributed by atoms with E-state index in [1.807, 2.05) is 13.0 Å². The second-order valence-electron chi connectivity index (χ2n) is 4.80. The van der Waals surface area contributed by atoms with Gasteiger partial charge in [-0.15, -0.1) is 11.6 Å². The molecule has 2 nitrogen and oxygen atoms in total. The lowest BCUT2D eigenvalue weighted by Crippen LogP contribution is -2.31. The van der Waals surface area contributed by atoms with Crippen molar-refractivity contribution in [3.05, 3.63) is 34.3 Å². The van der Waals surface area contributed by atoms with E-state index >= 15 is 0 Å². The number of carbonyl (C=O) groups is 1. The summed E-state index contributed by atoms with van der Waals surface area (Å²) >= 11 is 11.9. The van der Waals surface area contributed by atoms with Crippen LogP contribution >= 0.6 is 23.2 Å². The molecule has 0 radical (unpaired) electrons. The maximum absolute atomic E-state index is 11.9. The minimum Gasteiger partial charge on any atom is -0.351 e. The van der Waals surface area contributed by atoms with Gasteiger partial charge in [-0.05, 0) is 37.5 Å². The zero-order valence-corrected chi connectivity index (χ0v) is 11.2. The van der Waals surface area contributed by atoms with Gasteiger partial charge in [0.2, 0.25) is 0 Å². The number of halogens is 2. The van der Waals surface area contributed by atoms with Crippen LogP contribution in [0.3, 0.4) is 0 Å². The molecule has 1 aromatic rings. The van der Waals surface area contributed by atoms with E-state index in [1.165, 1.54) is 0 Å². The minimum atomic E-state index is -0.119. The molecule has 0 heterocycles. The fourth-order valence-corrected chi connectivity index (χ4v) is 2.38. The molecule has 1 amide bonds. The molecule has 1 saturated carbocycles. The van der Waals surface area contributed by atoms with Gasteiger partial charge in [0.05, 0.1) is 10.6 Å². The number of carbonyl (C=O) groups excluding carboxylic acids is 1. The van der Waals surface area contributed by atoms with Crippen molar-refractivity contribution in [2.24, 2.45) is 5.41 Å². The quantitative estimate of drug-likeness (QED) is 0.836. The molecule has 1 aliphatic rings. The van der Waals surface area contributed by atoms with Crippen molar-refractivity contribution >= 4 is 29.1 Å². The van der Waals surface area contributed by atoms with Gasteiger partial charge in [-0.3, -0.25) is 4.79 Å². The molecule has 0 spiro atoms. The fraction of sp³-hybridized carbons (Fsp3) is 0.462. The lowest BCUT2D eigenvalue weighted by molar-refractivity contribution is 0.0946. The normalized spacial score (nSPS) is 16.6. The van der Waals surface area contributed by atoms with E-state index in [2.05, 4.69) is 5.32 Å². The van der Waals surface area contributed by atoms with Crippen molar-refractivity contribution in [1.82, 2.24) is 5.32 Å². The number of amides is 1. The van der Waals surface area contributed by atoms with E-state index in [1.54, 1.807) is 12.1 Å². The first-order valence-corrected chi connectivity index (χ1v) is 6.58. The Hall–Kier alpha value is -0.730. The van der Waals surface area contributed by atoms with Gasteiger partial charge in [-0.2, -0.15) is 0 Å². The number of alkyl halides is 1. The predicted molar refractivity (Wildman–Crippen MR) is 70.9 cm³/mol. The highest BCUT2D eigenvalue weighted by Gasteiger charge is 2.41. The monoisotopic (exact) mass is 271 g/mol. The Kier molecular flexibility index (Phi) is 3.64. The van der Waals surface area contributed by atoms with Gasteiger partial charge in [0.15, 0.2) is 0 Å². The lowest BCUT2D eigenvalue weighted by atomic mass is 10.1. The number of hydrogen-bond acceptors (Lipinski definition) is 1. The summed E-state index contributed by atoms with van der Waals surface area (Å²) in [6.45, 7) is 2.58. The summed E-state index contributed by atoms with van der Waals surface area (Å²) in [5, 5.41) is 3.40. The zero-order chi connectivity index (χ0) is 12.5. The van der Waals surface area contributed by atoms with Gasteiger partial charge in [0.1, 0.15) is 0 Å². The third-order valence-electron chi connectivity index (χ3n) is 3.23. The average Bonchev–Trinajstić information content (AvgIpc) is 3.07. The molecule has 1 N–H and O–H groups in total. The summed E-state index contributed by atoms with van der Waals surface area (Å²) in [4.78, 5) is 11.9. The number of nitrogens with one attached hydrogen (secondary N) is 1. The van der Waals surface area contributed by atoms with E-state index in [4.69, 9.17) is 23.2 Å². The highest BCUT2D eigenvalue weighted by atomic mass is 35.5. The second-order valence-corrected chi connectivity index (χ2v) is 5.47. The number of aryl methyl sites for hydroxylation is 1.